The molecule has 1 saturated carbocycles. The normalized spacial score (nSPS) is 31.7. The average molecular weight is 371 g/mol. The number of rotatable bonds is 10. The van der Waals surface area contributed by atoms with Crippen LogP contribution < -0.4 is 5.32 Å². The topological polar surface area (TPSA) is 83.1 Å². The van der Waals surface area contributed by atoms with E-state index in [4.69, 9.17) is 18.9 Å². The van der Waals surface area contributed by atoms with Gasteiger partial charge in [0.1, 0.15) is 18.3 Å². The first-order chi connectivity index (χ1) is 12.5. The second-order valence-electron chi connectivity index (χ2n) is 7.21. The van der Waals surface area contributed by atoms with Crippen molar-refractivity contribution >= 4 is 12.1 Å². The lowest BCUT2D eigenvalue weighted by Gasteiger charge is -2.44. The van der Waals surface area contributed by atoms with Crippen LogP contribution in [0.3, 0.4) is 0 Å². The summed E-state index contributed by atoms with van der Waals surface area (Å²) in [4.78, 5) is 23.2. The number of unbranched alkanes of at least 4 members (excludes halogenated alkanes) is 2. The third-order valence-corrected chi connectivity index (χ3v) is 5.12. The minimum Gasteiger partial charge on any atom is -0.462 e. The molecule has 2 rings (SSSR count). The van der Waals surface area contributed by atoms with Crippen molar-refractivity contribution < 1.29 is 28.5 Å². The van der Waals surface area contributed by atoms with Crippen LogP contribution in [0.1, 0.15) is 59.8 Å². The highest BCUT2D eigenvalue weighted by molar-refractivity contribution is 5.70. The van der Waals surface area contributed by atoms with Gasteiger partial charge in [0.05, 0.1) is 12.1 Å². The molecule has 0 aromatic heterocycles. The number of hydrogen-bond acceptors (Lipinski definition) is 6. The van der Waals surface area contributed by atoms with Gasteiger partial charge in [-0.3, -0.25) is 4.79 Å². The maximum absolute atomic E-state index is 11.8. The number of fused-ring (bicyclic) bond motifs is 1. The van der Waals surface area contributed by atoms with E-state index in [9.17, 15) is 9.59 Å². The zero-order chi connectivity index (χ0) is 19.1. The highest BCUT2D eigenvalue weighted by Gasteiger charge is 2.53. The molecule has 2 aliphatic rings. The average Bonchev–Trinajstić information content (AvgIpc) is 2.95. The van der Waals surface area contributed by atoms with Crippen molar-refractivity contribution in [2.75, 3.05) is 13.2 Å². The summed E-state index contributed by atoms with van der Waals surface area (Å²) in [5.74, 6) is -0.409. The molecule has 150 valence electrons. The van der Waals surface area contributed by atoms with Gasteiger partial charge >= 0.3 is 12.1 Å². The van der Waals surface area contributed by atoms with E-state index in [1.807, 2.05) is 6.92 Å². The molecule has 2 fully saturated rings. The Kier molecular flexibility index (Phi) is 8.15. The summed E-state index contributed by atoms with van der Waals surface area (Å²) in [5, 5.41) is 2.88. The number of amides is 1. The second-order valence-corrected chi connectivity index (χ2v) is 7.21. The zero-order valence-corrected chi connectivity index (χ0v) is 16.4. The number of ether oxygens (including phenoxy) is 4. The van der Waals surface area contributed by atoms with Crippen LogP contribution in [-0.4, -0.2) is 55.7 Å². The van der Waals surface area contributed by atoms with E-state index in [2.05, 4.69) is 19.2 Å². The Balaban J connectivity index is 2.19. The molecule has 0 aromatic carbocycles. The minimum atomic E-state index is -0.419. The fraction of sp³-hybridized carbons (Fsp3) is 0.895. The molecule has 6 atom stereocenters. The summed E-state index contributed by atoms with van der Waals surface area (Å²) in [5.41, 5.74) is 0. The van der Waals surface area contributed by atoms with Crippen LogP contribution in [0.4, 0.5) is 4.79 Å². The molecule has 0 radical (unpaired) electrons. The van der Waals surface area contributed by atoms with Crippen LogP contribution >= 0.6 is 0 Å². The first kappa shape index (κ1) is 21.0. The van der Waals surface area contributed by atoms with Crippen LogP contribution in [0.5, 0.6) is 0 Å². The molecule has 1 N–H and O–H groups in total. The standard InChI is InChI=1S/C19H33NO6/c1-5-7-9-23-17-14(12(3)25-13(4)21)11-15-16(20-19(22)26-15)18(17)24-10-8-6-2/h12,14-18H,5-11H2,1-4H3,(H,20,22)/t12?,14-,15+,16+,17-,18-/m1/s1. The van der Waals surface area contributed by atoms with Crippen molar-refractivity contribution in [2.24, 2.45) is 5.92 Å². The molecule has 1 saturated heterocycles. The van der Waals surface area contributed by atoms with Crippen LogP contribution in [0.25, 0.3) is 0 Å². The van der Waals surface area contributed by atoms with Gasteiger partial charge in [-0.25, -0.2) is 4.79 Å². The molecule has 1 amide bonds. The van der Waals surface area contributed by atoms with E-state index in [1.54, 1.807) is 0 Å². The largest absolute Gasteiger partial charge is 0.462 e. The first-order valence-electron chi connectivity index (χ1n) is 9.85. The zero-order valence-electron chi connectivity index (χ0n) is 16.4. The molecule has 26 heavy (non-hydrogen) atoms. The molecular formula is C19H33NO6. The Morgan fingerprint density at radius 3 is 2.38 bits per heavy atom. The lowest BCUT2D eigenvalue weighted by Crippen LogP contribution is -2.60. The van der Waals surface area contributed by atoms with E-state index in [-0.39, 0.29) is 42.3 Å². The van der Waals surface area contributed by atoms with Gasteiger partial charge in [0.2, 0.25) is 0 Å². The summed E-state index contributed by atoms with van der Waals surface area (Å²) in [6.07, 6.45) is 2.92. The van der Waals surface area contributed by atoms with Crippen LogP contribution in [0.15, 0.2) is 0 Å². The lowest BCUT2D eigenvalue weighted by molar-refractivity contribution is -0.176. The Bertz CT molecular complexity index is 471. The summed E-state index contributed by atoms with van der Waals surface area (Å²) in [7, 11) is 0. The highest BCUT2D eigenvalue weighted by Crippen LogP contribution is 2.37. The molecule has 0 spiro atoms. The van der Waals surface area contributed by atoms with E-state index in [1.165, 1.54) is 6.92 Å². The number of esters is 1. The van der Waals surface area contributed by atoms with Gasteiger partial charge < -0.3 is 24.3 Å². The molecule has 7 nitrogen and oxygen atoms in total. The highest BCUT2D eigenvalue weighted by atomic mass is 16.6. The van der Waals surface area contributed by atoms with Gasteiger partial charge in [0, 0.05) is 26.1 Å². The number of alkyl carbamates (subject to hydrolysis) is 1. The molecular weight excluding hydrogens is 338 g/mol. The fourth-order valence-electron chi connectivity index (χ4n) is 3.76. The van der Waals surface area contributed by atoms with Crippen LogP contribution in [0, 0.1) is 5.92 Å². The SMILES string of the molecule is CCCCO[C@@H]1[C@H]2NC(=O)O[C@H]2C[C@H](C(C)OC(C)=O)[C@H]1OCCCC. The summed E-state index contributed by atoms with van der Waals surface area (Å²) in [6.45, 7) is 8.71. The van der Waals surface area contributed by atoms with Crippen molar-refractivity contribution in [1.29, 1.82) is 0 Å². The quantitative estimate of drug-likeness (QED) is 0.470. The predicted molar refractivity (Wildman–Crippen MR) is 95.8 cm³/mol. The minimum absolute atomic E-state index is 0.0867. The van der Waals surface area contributed by atoms with Crippen LogP contribution in [0.2, 0.25) is 0 Å². The van der Waals surface area contributed by atoms with E-state index in [0.717, 1.165) is 25.7 Å². The van der Waals surface area contributed by atoms with Crippen molar-refractivity contribution in [3.05, 3.63) is 0 Å². The molecule has 7 heteroatoms. The maximum atomic E-state index is 11.8. The lowest BCUT2D eigenvalue weighted by atomic mass is 9.77. The number of hydrogen-bond donors (Lipinski definition) is 1. The molecule has 0 aromatic rings. The molecule has 1 aliphatic heterocycles. The number of carbonyl (C=O) groups excluding carboxylic acids is 2. The smallest absolute Gasteiger partial charge is 0.407 e. The van der Waals surface area contributed by atoms with Gasteiger partial charge in [-0.2, -0.15) is 0 Å². The molecule has 0 bridgehead atoms. The summed E-state index contributed by atoms with van der Waals surface area (Å²) >= 11 is 0. The van der Waals surface area contributed by atoms with Crippen molar-refractivity contribution in [3.8, 4) is 0 Å². The van der Waals surface area contributed by atoms with Gasteiger partial charge in [0.25, 0.3) is 0 Å². The summed E-state index contributed by atoms with van der Waals surface area (Å²) < 4.78 is 23.2. The molecule has 1 unspecified atom stereocenters. The Labute approximate surface area is 156 Å². The second kappa shape index (κ2) is 10.1. The van der Waals surface area contributed by atoms with Crippen molar-refractivity contribution in [1.82, 2.24) is 5.32 Å². The first-order valence-corrected chi connectivity index (χ1v) is 9.85. The monoisotopic (exact) mass is 371 g/mol. The third-order valence-electron chi connectivity index (χ3n) is 5.12. The van der Waals surface area contributed by atoms with Gasteiger partial charge in [0.15, 0.2) is 0 Å². The molecule has 1 aliphatic carbocycles. The third kappa shape index (κ3) is 5.33. The van der Waals surface area contributed by atoms with Gasteiger partial charge in [-0.1, -0.05) is 26.7 Å². The van der Waals surface area contributed by atoms with E-state index >= 15 is 0 Å². The van der Waals surface area contributed by atoms with Crippen LogP contribution in [-0.2, 0) is 23.7 Å². The van der Waals surface area contributed by atoms with Gasteiger partial charge in [-0.05, 0) is 26.2 Å². The fourth-order valence-corrected chi connectivity index (χ4v) is 3.76. The molecule has 1 heterocycles. The number of nitrogens with one attached hydrogen (secondary N) is 1. The van der Waals surface area contributed by atoms with E-state index < -0.39 is 6.09 Å². The van der Waals surface area contributed by atoms with Gasteiger partial charge in [-0.15, -0.1) is 0 Å². The Hall–Kier alpha value is -1.34. The maximum Gasteiger partial charge on any atom is 0.407 e. The predicted octanol–water partition coefficient (Wildman–Crippen LogP) is 2.81. The summed E-state index contributed by atoms with van der Waals surface area (Å²) in [6, 6.07) is -0.230. The van der Waals surface area contributed by atoms with E-state index in [0.29, 0.717) is 19.6 Å². The Morgan fingerprint density at radius 1 is 1.19 bits per heavy atom. The van der Waals surface area contributed by atoms with Crippen molar-refractivity contribution in [2.45, 2.75) is 90.3 Å². The van der Waals surface area contributed by atoms with Crippen molar-refractivity contribution in [3.63, 3.8) is 0 Å². The Morgan fingerprint density at radius 2 is 1.81 bits per heavy atom. The number of carbonyl (C=O) groups is 2.